The molecule has 0 fully saturated rings. The van der Waals surface area contributed by atoms with Crippen LogP contribution < -0.4 is 10.5 Å². The molecule has 0 atom stereocenters. The molecular formula is C14H10F2N2O2S. The Kier molecular flexibility index (Phi) is 3.57. The van der Waals surface area contributed by atoms with E-state index in [1.807, 2.05) is 17.5 Å². The molecule has 2 N–H and O–H groups in total. The summed E-state index contributed by atoms with van der Waals surface area (Å²) in [4.78, 5) is 0.843. The highest BCUT2D eigenvalue weighted by molar-refractivity contribution is 7.13. The summed E-state index contributed by atoms with van der Waals surface area (Å²) >= 11 is 1.45. The number of thiophene rings is 1. The molecule has 7 heteroatoms. The van der Waals surface area contributed by atoms with Crippen molar-refractivity contribution >= 4 is 17.2 Å². The number of hydrogen-bond donors (Lipinski definition) is 1. The predicted molar refractivity (Wildman–Crippen MR) is 76.3 cm³/mol. The summed E-state index contributed by atoms with van der Waals surface area (Å²) < 4.78 is 34.8. The van der Waals surface area contributed by atoms with Crippen LogP contribution in [0.25, 0.3) is 21.8 Å². The molecule has 21 heavy (non-hydrogen) atoms. The Hall–Kier alpha value is -2.41. The largest absolute Gasteiger partial charge is 0.434 e. The number of benzene rings is 1. The third kappa shape index (κ3) is 2.59. The molecule has 0 unspecified atom stereocenters. The van der Waals surface area contributed by atoms with Crippen LogP contribution in [-0.4, -0.2) is 11.8 Å². The highest BCUT2D eigenvalue weighted by Crippen LogP contribution is 2.42. The zero-order valence-electron chi connectivity index (χ0n) is 10.6. The minimum Gasteiger partial charge on any atom is -0.434 e. The van der Waals surface area contributed by atoms with Gasteiger partial charge in [-0.2, -0.15) is 8.78 Å². The van der Waals surface area contributed by atoms with Gasteiger partial charge in [-0.15, -0.1) is 11.3 Å². The Labute approximate surface area is 122 Å². The highest BCUT2D eigenvalue weighted by Gasteiger charge is 2.22. The molecule has 1 aromatic carbocycles. The summed E-state index contributed by atoms with van der Waals surface area (Å²) in [6.07, 6.45) is 0. The van der Waals surface area contributed by atoms with E-state index in [-0.39, 0.29) is 11.6 Å². The van der Waals surface area contributed by atoms with Gasteiger partial charge in [0.25, 0.3) is 0 Å². The number of anilines is 1. The van der Waals surface area contributed by atoms with Crippen molar-refractivity contribution in [3.63, 3.8) is 0 Å². The van der Waals surface area contributed by atoms with E-state index in [9.17, 15) is 8.78 Å². The molecule has 3 rings (SSSR count). The Bertz CT molecular complexity index is 741. The maximum absolute atomic E-state index is 12.5. The number of rotatable bonds is 4. The monoisotopic (exact) mass is 308 g/mol. The topological polar surface area (TPSA) is 61.3 Å². The first kappa shape index (κ1) is 13.6. The average Bonchev–Trinajstić information content (AvgIpc) is 3.07. The van der Waals surface area contributed by atoms with Gasteiger partial charge in [0.05, 0.1) is 11.1 Å². The van der Waals surface area contributed by atoms with E-state index in [2.05, 4.69) is 9.89 Å². The molecule has 0 aliphatic carbocycles. The fraction of sp³-hybridized carbons (Fsp3) is 0.0714. The lowest BCUT2D eigenvalue weighted by molar-refractivity contribution is -0.0495. The van der Waals surface area contributed by atoms with Gasteiger partial charge in [-0.25, -0.2) is 0 Å². The molecule has 2 aromatic heterocycles. The third-order valence-corrected chi connectivity index (χ3v) is 3.72. The fourth-order valence-corrected chi connectivity index (χ4v) is 2.77. The van der Waals surface area contributed by atoms with E-state index in [1.165, 1.54) is 17.4 Å². The normalized spacial score (nSPS) is 11.0. The van der Waals surface area contributed by atoms with Gasteiger partial charge >= 0.3 is 6.61 Å². The number of alkyl halides is 2. The summed E-state index contributed by atoms with van der Waals surface area (Å²) in [6, 6.07) is 10.1. The first-order valence-electron chi connectivity index (χ1n) is 6.00. The molecular weight excluding hydrogens is 298 g/mol. The molecule has 0 spiro atoms. The van der Waals surface area contributed by atoms with Crippen LogP contribution in [0.3, 0.4) is 0 Å². The van der Waals surface area contributed by atoms with Gasteiger partial charge in [-0.05, 0) is 23.6 Å². The van der Waals surface area contributed by atoms with Crippen LogP contribution in [0.1, 0.15) is 0 Å². The summed E-state index contributed by atoms with van der Waals surface area (Å²) in [5.74, 6) is 0.534. The lowest BCUT2D eigenvalue weighted by atomic mass is 10.1. The van der Waals surface area contributed by atoms with Crippen molar-refractivity contribution in [1.29, 1.82) is 0 Å². The number of nitrogen functional groups attached to an aromatic ring is 1. The molecule has 0 radical (unpaired) electrons. The van der Waals surface area contributed by atoms with E-state index in [0.29, 0.717) is 16.9 Å². The van der Waals surface area contributed by atoms with Gasteiger partial charge in [0.1, 0.15) is 5.75 Å². The smallest absolute Gasteiger partial charge is 0.387 e. The van der Waals surface area contributed by atoms with Crippen molar-refractivity contribution in [2.24, 2.45) is 0 Å². The summed E-state index contributed by atoms with van der Waals surface area (Å²) in [5.41, 5.74) is 6.79. The maximum Gasteiger partial charge on any atom is 0.387 e. The highest BCUT2D eigenvalue weighted by atomic mass is 32.1. The first-order valence-corrected chi connectivity index (χ1v) is 6.88. The van der Waals surface area contributed by atoms with Crippen LogP contribution in [0.5, 0.6) is 5.75 Å². The standard InChI is InChI=1S/C14H10F2N2O2S/c15-14(16)19-9-5-2-1-4-8(9)12-11(13(17)18-20-12)10-6-3-7-21-10/h1-7,14H,(H2,17,18). The van der Waals surface area contributed by atoms with E-state index in [0.717, 1.165) is 4.88 Å². The van der Waals surface area contributed by atoms with Gasteiger partial charge in [-0.3, -0.25) is 0 Å². The number of halogens is 2. The van der Waals surface area contributed by atoms with Crippen molar-refractivity contribution in [3.05, 3.63) is 41.8 Å². The Morgan fingerprint density at radius 3 is 2.71 bits per heavy atom. The molecule has 0 aliphatic heterocycles. The molecule has 108 valence electrons. The number of ether oxygens (including phenoxy) is 1. The third-order valence-electron chi connectivity index (χ3n) is 2.83. The number of para-hydroxylation sites is 1. The Morgan fingerprint density at radius 2 is 2.00 bits per heavy atom. The van der Waals surface area contributed by atoms with Crippen molar-refractivity contribution < 1.29 is 18.0 Å². The number of nitrogens with zero attached hydrogens (tertiary/aromatic N) is 1. The van der Waals surface area contributed by atoms with Crippen LogP contribution in [-0.2, 0) is 0 Å². The predicted octanol–water partition coefficient (Wildman–Crippen LogP) is 4.25. The fourth-order valence-electron chi connectivity index (χ4n) is 2.00. The van der Waals surface area contributed by atoms with Crippen molar-refractivity contribution in [3.8, 4) is 27.5 Å². The molecule has 0 aliphatic rings. The molecule has 0 saturated heterocycles. The van der Waals surface area contributed by atoms with Crippen molar-refractivity contribution in [2.45, 2.75) is 6.61 Å². The van der Waals surface area contributed by atoms with Crippen LogP contribution in [0.15, 0.2) is 46.3 Å². The molecule has 0 bridgehead atoms. The van der Waals surface area contributed by atoms with Crippen molar-refractivity contribution in [2.75, 3.05) is 5.73 Å². The van der Waals surface area contributed by atoms with Crippen LogP contribution in [0.2, 0.25) is 0 Å². The van der Waals surface area contributed by atoms with E-state index in [4.69, 9.17) is 10.3 Å². The van der Waals surface area contributed by atoms with E-state index < -0.39 is 6.61 Å². The minimum absolute atomic E-state index is 0.0152. The Morgan fingerprint density at radius 1 is 1.19 bits per heavy atom. The van der Waals surface area contributed by atoms with Crippen LogP contribution in [0, 0.1) is 0 Å². The lowest BCUT2D eigenvalue weighted by Crippen LogP contribution is -2.03. The summed E-state index contributed by atoms with van der Waals surface area (Å²) in [7, 11) is 0. The first-order chi connectivity index (χ1) is 10.2. The summed E-state index contributed by atoms with van der Waals surface area (Å²) in [6.45, 7) is -2.92. The van der Waals surface area contributed by atoms with E-state index >= 15 is 0 Å². The molecule has 3 aromatic rings. The quantitative estimate of drug-likeness (QED) is 0.782. The minimum atomic E-state index is -2.92. The van der Waals surface area contributed by atoms with Gasteiger partial charge < -0.3 is 15.0 Å². The second-order valence-electron chi connectivity index (χ2n) is 4.12. The summed E-state index contributed by atoms with van der Waals surface area (Å²) in [5, 5.41) is 5.62. The Balaban J connectivity index is 2.14. The van der Waals surface area contributed by atoms with Crippen molar-refractivity contribution in [1.82, 2.24) is 5.16 Å². The zero-order chi connectivity index (χ0) is 14.8. The van der Waals surface area contributed by atoms with Crippen LogP contribution >= 0.6 is 11.3 Å². The zero-order valence-corrected chi connectivity index (χ0v) is 11.4. The van der Waals surface area contributed by atoms with Gasteiger partial charge in [0.15, 0.2) is 11.6 Å². The molecule has 0 saturated carbocycles. The number of nitrogens with two attached hydrogens (primary N) is 1. The average molecular weight is 308 g/mol. The second-order valence-corrected chi connectivity index (χ2v) is 5.07. The number of aromatic nitrogens is 1. The lowest BCUT2D eigenvalue weighted by Gasteiger charge is -2.09. The van der Waals surface area contributed by atoms with Crippen LogP contribution in [0.4, 0.5) is 14.6 Å². The number of hydrogen-bond acceptors (Lipinski definition) is 5. The van der Waals surface area contributed by atoms with Gasteiger partial charge in [0, 0.05) is 4.88 Å². The van der Waals surface area contributed by atoms with E-state index in [1.54, 1.807) is 18.2 Å². The maximum atomic E-state index is 12.5. The molecule has 0 amide bonds. The van der Waals surface area contributed by atoms with Gasteiger partial charge in [0.2, 0.25) is 0 Å². The van der Waals surface area contributed by atoms with Gasteiger partial charge in [-0.1, -0.05) is 23.4 Å². The molecule has 2 heterocycles. The molecule has 4 nitrogen and oxygen atoms in total. The second kappa shape index (κ2) is 5.53. The SMILES string of the molecule is Nc1noc(-c2ccccc2OC(F)F)c1-c1cccs1.